The number of carbonyl (C=O) groups excluding carboxylic acids is 1. The van der Waals surface area contributed by atoms with Gasteiger partial charge >= 0.3 is 0 Å². The molecule has 2 aliphatic heterocycles. The van der Waals surface area contributed by atoms with Crippen molar-refractivity contribution in [2.24, 2.45) is 5.92 Å². The maximum atomic E-state index is 13.9. The zero-order valence-electron chi connectivity index (χ0n) is 21.4. The molecule has 3 aromatic rings. The predicted molar refractivity (Wildman–Crippen MR) is 140 cm³/mol. The highest BCUT2D eigenvalue weighted by atomic mass is 32.2. The SMILES string of the molecule is CC1CC(c2cccc(F)c2)N(c2ncc(NC(=O)[C@H]3c4ccc(S(C)(=O)=O)cc4CN3C(C)O)cn2)C1. The molecule has 2 aliphatic rings. The molecule has 200 valence electrons. The zero-order valence-corrected chi connectivity index (χ0v) is 22.2. The third-order valence-corrected chi connectivity index (χ3v) is 8.27. The van der Waals surface area contributed by atoms with E-state index in [2.05, 4.69) is 22.2 Å². The summed E-state index contributed by atoms with van der Waals surface area (Å²) in [5, 5.41) is 13.2. The fourth-order valence-corrected chi connectivity index (χ4v) is 6.04. The number of nitrogens with one attached hydrogen (secondary N) is 1. The van der Waals surface area contributed by atoms with Crippen LogP contribution in [0.25, 0.3) is 0 Å². The molecule has 11 heteroatoms. The average Bonchev–Trinajstić information content (AvgIpc) is 3.44. The minimum Gasteiger partial charge on any atom is -0.379 e. The summed E-state index contributed by atoms with van der Waals surface area (Å²) in [6.07, 6.45) is 4.10. The fourth-order valence-electron chi connectivity index (χ4n) is 5.36. The van der Waals surface area contributed by atoms with Gasteiger partial charge in [0.1, 0.15) is 18.1 Å². The lowest BCUT2D eigenvalue weighted by molar-refractivity contribution is -0.125. The molecule has 0 spiro atoms. The lowest BCUT2D eigenvalue weighted by Crippen LogP contribution is -2.38. The molecule has 5 rings (SSSR count). The first-order valence-corrected chi connectivity index (χ1v) is 14.3. The maximum absolute atomic E-state index is 13.9. The van der Waals surface area contributed by atoms with Crippen molar-refractivity contribution < 1.29 is 22.7 Å². The summed E-state index contributed by atoms with van der Waals surface area (Å²) in [4.78, 5) is 26.1. The summed E-state index contributed by atoms with van der Waals surface area (Å²) in [6, 6.07) is 10.4. The van der Waals surface area contributed by atoms with Gasteiger partial charge in [0, 0.05) is 19.3 Å². The normalized spacial score (nSPS) is 22.3. The number of hydrogen-bond donors (Lipinski definition) is 2. The van der Waals surface area contributed by atoms with E-state index in [4.69, 9.17) is 0 Å². The third-order valence-electron chi connectivity index (χ3n) is 7.16. The average molecular weight is 540 g/mol. The number of anilines is 2. The van der Waals surface area contributed by atoms with E-state index in [0.717, 1.165) is 24.8 Å². The number of sulfone groups is 1. The van der Waals surface area contributed by atoms with Crippen LogP contribution < -0.4 is 10.2 Å². The van der Waals surface area contributed by atoms with Crippen LogP contribution in [0.3, 0.4) is 0 Å². The number of fused-ring (bicyclic) bond motifs is 1. The molecule has 1 amide bonds. The summed E-state index contributed by atoms with van der Waals surface area (Å²) in [5.74, 6) is 0.198. The van der Waals surface area contributed by atoms with Crippen molar-refractivity contribution in [3.8, 4) is 0 Å². The number of carbonyl (C=O) groups is 1. The summed E-state index contributed by atoms with van der Waals surface area (Å²) in [5.41, 5.74) is 2.57. The van der Waals surface area contributed by atoms with Crippen molar-refractivity contribution >= 4 is 27.4 Å². The summed E-state index contributed by atoms with van der Waals surface area (Å²) >= 11 is 0. The highest BCUT2D eigenvalue weighted by Gasteiger charge is 2.38. The van der Waals surface area contributed by atoms with Crippen molar-refractivity contribution in [3.63, 3.8) is 0 Å². The van der Waals surface area contributed by atoms with Gasteiger partial charge in [-0.05, 0) is 60.2 Å². The molecule has 3 heterocycles. The molecular weight excluding hydrogens is 509 g/mol. The van der Waals surface area contributed by atoms with Crippen LogP contribution in [0.4, 0.5) is 16.0 Å². The van der Waals surface area contributed by atoms with E-state index in [1.807, 2.05) is 11.0 Å². The van der Waals surface area contributed by atoms with E-state index in [1.54, 1.807) is 30.0 Å². The second-order valence-corrected chi connectivity index (χ2v) is 12.2. The molecule has 1 saturated heterocycles. The van der Waals surface area contributed by atoms with Gasteiger partial charge in [0.25, 0.3) is 0 Å². The Labute approximate surface area is 221 Å². The first-order valence-electron chi connectivity index (χ1n) is 12.4. The Kier molecular flexibility index (Phi) is 6.93. The molecule has 38 heavy (non-hydrogen) atoms. The number of aromatic nitrogens is 2. The number of nitrogens with zero attached hydrogens (tertiary/aromatic N) is 4. The van der Waals surface area contributed by atoms with E-state index in [1.165, 1.54) is 30.6 Å². The molecule has 0 radical (unpaired) electrons. The molecule has 2 aromatic carbocycles. The van der Waals surface area contributed by atoms with Gasteiger partial charge in [-0.3, -0.25) is 9.69 Å². The maximum Gasteiger partial charge on any atom is 0.246 e. The smallest absolute Gasteiger partial charge is 0.246 e. The molecule has 1 fully saturated rings. The minimum atomic E-state index is -3.41. The molecule has 9 nitrogen and oxygen atoms in total. The standard InChI is InChI=1S/C27H30FN5O4S/c1-16-9-24(18-5-4-6-20(28)10-18)33(14-16)27-29-12-21(13-30-27)31-26(35)25-23-8-7-22(38(3,36)37)11-19(23)15-32(25)17(2)34/h4-8,10-13,16-17,24-25,34H,9,14-15H2,1-3H3,(H,31,35)/t16?,17?,24?,25-/m1/s1. The number of amides is 1. The molecule has 0 saturated carbocycles. The number of halogens is 1. The van der Waals surface area contributed by atoms with Crippen molar-refractivity contribution in [1.29, 1.82) is 0 Å². The zero-order chi connectivity index (χ0) is 27.2. The van der Waals surface area contributed by atoms with Crippen LogP contribution in [-0.2, 0) is 21.2 Å². The largest absolute Gasteiger partial charge is 0.379 e. The quantitative estimate of drug-likeness (QED) is 0.490. The third kappa shape index (κ3) is 5.13. The first-order chi connectivity index (χ1) is 18.0. The topological polar surface area (TPSA) is 116 Å². The summed E-state index contributed by atoms with van der Waals surface area (Å²) in [6.45, 7) is 4.66. The van der Waals surface area contributed by atoms with Crippen LogP contribution in [0, 0.1) is 11.7 Å². The number of benzene rings is 2. The van der Waals surface area contributed by atoms with Gasteiger partial charge in [-0.2, -0.15) is 0 Å². The molecular formula is C27H30FN5O4S. The number of rotatable bonds is 6. The van der Waals surface area contributed by atoms with Gasteiger partial charge in [0.15, 0.2) is 9.84 Å². The monoisotopic (exact) mass is 539 g/mol. The Morgan fingerprint density at radius 1 is 1.18 bits per heavy atom. The van der Waals surface area contributed by atoms with Gasteiger partial charge in [-0.1, -0.05) is 25.1 Å². The molecule has 0 bridgehead atoms. The number of aliphatic hydroxyl groups excluding tert-OH is 1. The first kappa shape index (κ1) is 26.2. The fraction of sp³-hybridized carbons (Fsp3) is 0.370. The van der Waals surface area contributed by atoms with E-state index >= 15 is 0 Å². The predicted octanol–water partition coefficient (Wildman–Crippen LogP) is 3.44. The van der Waals surface area contributed by atoms with E-state index in [-0.39, 0.29) is 29.2 Å². The van der Waals surface area contributed by atoms with Gasteiger partial charge in [0.05, 0.1) is 29.0 Å². The van der Waals surface area contributed by atoms with E-state index in [0.29, 0.717) is 28.7 Å². The van der Waals surface area contributed by atoms with Crippen molar-refractivity contribution in [3.05, 3.63) is 77.4 Å². The molecule has 4 atom stereocenters. The Balaban J connectivity index is 1.35. The van der Waals surface area contributed by atoms with Gasteiger partial charge < -0.3 is 15.3 Å². The number of hydrogen-bond acceptors (Lipinski definition) is 8. The second kappa shape index (κ2) is 10.0. The van der Waals surface area contributed by atoms with Crippen molar-refractivity contribution in [2.45, 2.75) is 50.0 Å². The van der Waals surface area contributed by atoms with Crippen LogP contribution in [0.1, 0.15) is 49.0 Å². The van der Waals surface area contributed by atoms with Crippen molar-refractivity contribution in [2.75, 3.05) is 23.0 Å². The second-order valence-electron chi connectivity index (χ2n) is 10.2. The van der Waals surface area contributed by atoms with Crippen LogP contribution in [0.5, 0.6) is 0 Å². The lowest BCUT2D eigenvalue weighted by atomic mass is 10.0. The Bertz CT molecular complexity index is 1460. The Morgan fingerprint density at radius 2 is 1.92 bits per heavy atom. The minimum absolute atomic E-state index is 0.0486. The van der Waals surface area contributed by atoms with Crippen LogP contribution in [-0.4, -0.2) is 53.3 Å². The number of aliphatic hydroxyl groups is 1. The van der Waals surface area contributed by atoms with Crippen LogP contribution in [0.15, 0.2) is 59.8 Å². The summed E-state index contributed by atoms with van der Waals surface area (Å²) < 4.78 is 37.8. The Morgan fingerprint density at radius 3 is 2.58 bits per heavy atom. The summed E-state index contributed by atoms with van der Waals surface area (Å²) in [7, 11) is -3.41. The molecule has 1 aromatic heterocycles. The highest BCUT2D eigenvalue weighted by molar-refractivity contribution is 7.90. The Hall–Kier alpha value is -3.41. The van der Waals surface area contributed by atoms with Crippen molar-refractivity contribution in [1.82, 2.24) is 14.9 Å². The van der Waals surface area contributed by atoms with E-state index < -0.39 is 22.1 Å². The molecule has 2 N–H and O–H groups in total. The van der Waals surface area contributed by atoms with Crippen LogP contribution >= 0.6 is 0 Å². The molecule has 3 unspecified atom stereocenters. The molecule has 0 aliphatic carbocycles. The van der Waals surface area contributed by atoms with Gasteiger partial charge in [-0.15, -0.1) is 0 Å². The highest BCUT2D eigenvalue weighted by Crippen LogP contribution is 2.39. The van der Waals surface area contributed by atoms with Gasteiger partial charge in [0.2, 0.25) is 11.9 Å². The van der Waals surface area contributed by atoms with Gasteiger partial charge in [-0.25, -0.2) is 22.8 Å². The lowest BCUT2D eigenvalue weighted by Gasteiger charge is -2.27. The van der Waals surface area contributed by atoms with E-state index in [9.17, 15) is 22.7 Å². The van der Waals surface area contributed by atoms with Crippen LogP contribution in [0.2, 0.25) is 0 Å².